The SMILES string of the molecule is CCC(C)(CC)Cc1oc(=O)oc1C. The van der Waals surface area contributed by atoms with Crippen molar-refractivity contribution in [2.24, 2.45) is 5.41 Å². The van der Waals surface area contributed by atoms with Crippen LogP contribution < -0.4 is 5.82 Å². The summed E-state index contributed by atoms with van der Waals surface area (Å²) in [5.41, 5.74) is 0.199. The molecule has 1 rings (SSSR count). The highest BCUT2D eigenvalue weighted by atomic mass is 16.6. The third-order valence-corrected chi connectivity index (χ3v) is 3.13. The largest absolute Gasteiger partial charge is 0.519 e. The Hall–Kier alpha value is -0.990. The molecule has 0 bridgehead atoms. The summed E-state index contributed by atoms with van der Waals surface area (Å²) < 4.78 is 9.82. The topological polar surface area (TPSA) is 43.4 Å². The van der Waals surface area contributed by atoms with Gasteiger partial charge in [-0.3, -0.25) is 0 Å². The molecule has 0 aliphatic heterocycles. The summed E-state index contributed by atoms with van der Waals surface area (Å²) in [7, 11) is 0. The minimum absolute atomic E-state index is 0.199. The normalized spacial score (nSPS) is 12.0. The number of aryl methyl sites for hydroxylation is 1. The Morgan fingerprint density at radius 3 is 2.14 bits per heavy atom. The van der Waals surface area contributed by atoms with Gasteiger partial charge in [-0.05, 0) is 12.3 Å². The summed E-state index contributed by atoms with van der Waals surface area (Å²) in [4.78, 5) is 10.8. The number of rotatable bonds is 4. The van der Waals surface area contributed by atoms with Crippen LogP contribution in [0.2, 0.25) is 0 Å². The Labute approximate surface area is 84.1 Å². The fourth-order valence-corrected chi connectivity index (χ4v) is 1.42. The second kappa shape index (κ2) is 4.03. The van der Waals surface area contributed by atoms with Gasteiger partial charge in [0.2, 0.25) is 0 Å². The first-order valence-electron chi connectivity index (χ1n) is 5.10. The zero-order chi connectivity index (χ0) is 10.8. The molecular formula is C11H18O3. The highest BCUT2D eigenvalue weighted by molar-refractivity contribution is 5.03. The van der Waals surface area contributed by atoms with Crippen molar-refractivity contribution in [3.63, 3.8) is 0 Å². The minimum atomic E-state index is -0.591. The summed E-state index contributed by atoms with van der Waals surface area (Å²) >= 11 is 0. The lowest BCUT2D eigenvalue weighted by Crippen LogP contribution is -2.17. The first-order valence-corrected chi connectivity index (χ1v) is 5.10. The minimum Gasteiger partial charge on any atom is -0.396 e. The molecule has 3 nitrogen and oxygen atoms in total. The second-order valence-corrected chi connectivity index (χ2v) is 4.13. The molecule has 0 unspecified atom stereocenters. The molecule has 0 aliphatic rings. The van der Waals surface area contributed by atoms with E-state index >= 15 is 0 Å². The molecule has 0 amide bonds. The Balaban J connectivity index is 2.87. The Bertz CT molecular complexity index is 342. The highest BCUT2D eigenvalue weighted by Gasteiger charge is 2.24. The second-order valence-electron chi connectivity index (χ2n) is 4.13. The lowest BCUT2D eigenvalue weighted by molar-refractivity contribution is 0.267. The van der Waals surface area contributed by atoms with Crippen molar-refractivity contribution >= 4 is 0 Å². The van der Waals surface area contributed by atoms with E-state index in [1.807, 2.05) is 0 Å². The predicted octanol–water partition coefficient (Wildman–Crippen LogP) is 2.91. The molecule has 0 radical (unpaired) electrons. The van der Waals surface area contributed by atoms with Gasteiger partial charge in [0.25, 0.3) is 0 Å². The molecule has 0 saturated carbocycles. The van der Waals surface area contributed by atoms with E-state index in [9.17, 15) is 4.79 Å². The van der Waals surface area contributed by atoms with Crippen molar-refractivity contribution in [3.05, 3.63) is 22.1 Å². The van der Waals surface area contributed by atoms with Crippen molar-refractivity contribution < 1.29 is 8.83 Å². The van der Waals surface area contributed by atoms with Crippen LogP contribution in [0, 0.1) is 12.3 Å². The van der Waals surface area contributed by atoms with Gasteiger partial charge < -0.3 is 8.83 Å². The van der Waals surface area contributed by atoms with Crippen LogP contribution in [0.3, 0.4) is 0 Å². The average Bonchev–Trinajstić information content (AvgIpc) is 2.45. The van der Waals surface area contributed by atoms with Gasteiger partial charge in [0.05, 0.1) is 0 Å². The maximum Gasteiger partial charge on any atom is 0.519 e. The van der Waals surface area contributed by atoms with Gasteiger partial charge in [-0.15, -0.1) is 0 Å². The summed E-state index contributed by atoms with van der Waals surface area (Å²) in [5, 5.41) is 0. The molecule has 0 aliphatic carbocycles. The average molecular weight is 198 g/mol. The van der Waals surface area contributed by atoms with Crippen LogP contribution in [0.15, 0.2) is 13.6 Å². The maximum absolute atomic E-state index is 10.8. The molecule has 0 aromatic carbocycles. The smallest absolute Gasteiger partial charge is 0.396 e. The molecule has 0 spiro atoms. The first kappa shape index (κ1) is 11.1. The van der Waals surface area contributed by atoms with Gasteiger partial charge in [-0.1, -0.05) is 33.6 Å². The van der Waals surface area contributed by atoms with Crippen LogP contribution in [0.5, 0.6) is 0 Å². The molecular weight excluding hydrogens is 180 g/mol. The first-order chi connectivity index (χ1) is 6.50. The third kappa shape index (κ3) is 2.28. The molecule has 3 heteroatoms. The molecule has 80 valence electrons. The molecule has 14 heavy (non-hydrogen) atoms. The van der Waals surface area contributed by atoms with Gasteiger partial charge in [0.1, 0.15) is 11.5 Å². The van der Waals surface area contributed by atoms with E-state index in [0.29, 0.717) is 11.5 Å². The molecule has 0 fully saturated rings. The van der Waals surface area contributed by atoms with Crippen molar-refractivity contribution in [3.8, 4) is 0 Å². The summed E-state index contributed by atoms with van der Waals surface area (Å²) in [6.45, 7) is 8.26. The standard InChI is InChI=1S/C11H18O3/c1-5-11(4,6-2)7-9-8(3)13-10(12)14-9/h5-7H2,1-4H3. The fraction of sp³-hybridized carbons (Fsp3) is 0.727. The van der Waals surface area contributed by atoms with E-state index in [4.69, 9.17) is 8.83 Å². The number of hydrogen-bond donors (Lipinski definition) is 0. The lowest BCUT2D eigenvalue weighted by Gasteiger charge is -2.24. The van der Waals surface area contributed by atoms with Gasteiger partial charge in [0, 0.05) is 6.42 Å². The third-order valence-electron chi connectivity index (χ3n) is 3.13. The van der Waals surface area contributed by atoms with E-state index in [-0.39, 0.29) is 5.41 Å². The summed E-state index contributed by atoms with van der Waals surface area (Å²) in [6, 6.07) is 0. The van der Waals surface area contributed by atoms with Gasteiger partial charge in [0.15, 0.2) is 0 Å². The van der Waals surface area contributed by atoms with E-state index in [2.05, 4.69) is 20.8 Å². The molecule has 0 atom stereocenters. The van der Waals surface area contributed by atoms with E-state index in [0.717, 1.165) is 19.3 Å². The highest BCUT2D eigenvalue weighted by Crippen LogP contribution is 2.30. The van der Waals surface area contributed by atoms with E-state index in [1.165, 1.54) is 0 Å². The van der Waals surface area contributed by atoms with Gasteiger partial charge in [-0.25, -0.2) is 4.79 Å². The van der Waals surface area contributed by atoms with Crippen LogP contribution >= 0.6 is 0 Å². The Kier molecular flexibility index (Phi) is 3.19. The molecule has 0 N–H and O–H groups in total. The zero-order valence-corrected chi connectivity index (χ0v) is 9.35. The lowest BCUT2D eigenvalue weighted by atomic mass is 9.80. The molecule has 0 saturated heterocycles. The van der Waals surface area contributed by atoms with E-state index in [1.54, 1.807) is 6.92 Å². The molecule has 1 aromatic rings. The molecule has 1 heterocycles. The fourth-order valence-electron chi connectivity index (χ4n) is 1.42. The maximum atomic E-state index is 10.8. The van der Waals surface area contributed by atoms with Crippen molar-refractivity contribution in [1.82, 2.24) is 0 Å². The summed E-state index contributed by atoms with van der Waals surface area (Å²) in [6.07, 6.45) is 2.91. The van der Waals surface area contributed by atoms with Crippen LogP contribution in [0.25, 0.3) is 0 Å². The van der Waals surface area contributed by atoms with Gasteiger partial charge >= 0.3 is 5.82 Å². The zero-order valence-electron chi connectivity index (χ0n) is 9.35. The number of hydrogen-bond acceptors (Lipinski definition) is 3. The monoisotopic (exact) mass is 198 g/mol. The Morgan fingerprint density at radius 2 is 1.79 bits per heavy atom. The van der Waals surface area contributed by atoms with Crippen LogP contribution in [-0.4, -0.2) is 0 Å². The molecule has 1 aromatic heterocycles. The van der Waals surface area contributed by atoms with Crippen LogP contribution in [-0.2, 0) is 6.42 Å². The predicted molar refractivity (Wildman–Crippen MR) is 54.4 cm³/mol. The van der Waals surface area contributed by atoms with Crippen molar-refractivity contribution in [1.29, 1.82) is 0 Å². The van der Waals surface area contributed by atoms with Crippen molar-refractivity contribution in [2.75, 3.05) is 0 Å². The van der Waals surface area contributed by atoms with Crippen LogP contribution in [0.4, 0.5) is 0 Å². The van der Waals surface area contributed by atoms with Gasteiger partial charge in [-0.2, -0.15) is 0 Å². The quantitative estimate of drug-likeness (QED) is 0.747. The summed E-state index contributed by atoms with van der Waals surface area (Å²) in [5.74, 6) is 0.719. The van der Waals surface area contributed by atoms with E-state index < -0.39 is 5.82 Å². The van der Waals surface area contributed by atoms with Crippen LogP contribution in [0.1, 0.15) is 45.1 Å². The Morgan fingerprint density at radius 1 is 1.21 bits per heavy atom. The van der Waals surface area contributed by atoms with Crippen molar-refractivity contribution in [2.45, 2.75) is 47.0 Å².